The van der Waals surface area contributed by atoms with Crippen molar-refractivity contribution in [1.29, 1.82) is 0 Å². The summed E-state index contributed by atoms with van der Waals surface area (Å²) in [6, 6.07) is 0. The normalized spacial score (nSPS) is 22.7. The van der Waals surface area contributed by atoms with Gasteiger partial charge in [0.2, 0.25) is 5.91 Å². The molecule has 2 unspecified atom stereocenters. The van der Waals surface area contributed by atoms with Crippen LogP contribution in [0.4, 0.5) is 0 Å². The fourth-order valence-corrected chi connectivity index (χ4v) is 4.35. The number of allylic oxidation sites excluding steroid dienone is 1. The molecule has 0 radical (unpaired) electrons. The summed E-state index contributed by atoms with van der Waals surface area (Å²) >= 11 is 0. The molecule has 2 rings (SSSR count). The average molecular weight is 412 g/mol. The van der Waals surface area contributed by atoms with E-state index in [0.717, 1.165) is 31.9 Å². The van der Waals surface area contributed by atoms with Gasteiger partial charge in [0.25, 0.3) is 0 Å². The Bertz CT molecular complexity index is 459. The molecule has 1 N–H and O–H groups in total. The number of aliphatic hydroxyl groups excluding tert-OH is 1. The molecular weight excluding hydrogens is 362 g/mol. The van der Waals surface area contributed by atoms with Crippen LogP contribution in [0.3, 0.4) is 0 Å². The Kier molecular flexibility index (Phi) is 17.2. The second-order valence-corrected chi connectivity index (χ2v) is 8.69. The monoisotopic (exact) mass is 411 g/mol. The Hall–Kier alpha value is -1.16. The van der Waals surface area contributed by atoms with Gasteiger partial charge in [-0.15, -0.1) is 0 Å². The maximum Gasteiger partial charge on any atom is 0.249 e. The fourth-order valence-electron chi connectivity index (χ4n) is 4.35. The summed E-state index contributed by atoms with van der Waals surface area (Å²) in [7, 11) is 1.00. The summed E-state index contributed by atoms with van der Waals surface area (Å²) in [5, 5.41) is 7.00. The first-order valence-electron chi connectivity index (χ1n) is 11.7. The van der Waals surface area contributed by atoms with Crippen LogP contribution in [0, 0.1) is 23.2 Å². The van der Waals surface area contributed by atoms with E-state index in [-0.39, 0.29) is 17.2 Å². The number of likely N-dealkylation sites (tertiary alicyclic amines) is 1. The number of piperidine rings is 1. The molecule has 4 nitrogen and oxygen atoms in total. The van der Waals surface area contributed by atoms with E-state index in [2.05, 4.69) is 26.8 Å². The number of hydrogen-bond donors (Lipinski definition) is 1. The molecule has 1 saturated heterocycles. The number of amides is 1. The minimum atomic E-state index is 0.00234. The van der Waals surface area contributed by atoms with Crippen LogP contribution in [0.1, 0.15) is 93.9 Å². The van der Waals surface area contributed by atoms with Gasteiger partial charge in [0, 0.05) is 31.7 Å². The van der Waals surface area contributed by atoms with E-state index in [1.807, 2.05) is 39.5 Å². The molecule has 172 valence electrons. The van der Waals surface area contributed by atoms with E-state index in [1.165, 1.54) is 32.1 Å². The molecule has 1 aliphatic carbocycles. The molecule has 2 atom stereocenters. The summed E-state index contributed by atoms with van der Waals surface area (Å²) in [5.41, 5.74) is 0.814. The topological polar surface area (TPSA) is 57.6 Å². The van der Waals surface area contributed by atoms with Crippen LogP contribution in [0.25, 0.3) is 0 Å². The first-order chi connectivity index (χ1) is 13.8. The molecule has 2 aliphatic rings. The third-order valence-electron chi connectivity index (χ3n) is 5.30. The van der Waals surface area contributed by atoms with Gasteiger partial charge < -0.3 is 14.8 Å². The highest BCUT2D eigenvalue weighted by molar-refractivity contribution is 5.93. The van der Waals surface area contributed by atoms with Gasteiger partial charge in [-0.05, 0) is 30.6 Å². The second-order valence-electron chi connectivity index (χ2n) is 8.69. The zero-order valence-electron chi connectivity index (χ0n) is 20.8. The predicted molar refractivity (Wildman–Crippen MR) is 125 cm³/mol. The van der Waals surface area contributed by atoms with Gasteiger partial charge in [0.1, 0.15) is 6.29 Å². The van der Waals surface area contributed by atoms with E-state index in [1.54, 1.807) is 0 Å². The third kappa shape index (κ3) is 11.6. The maximum atomic E-state index is 12.8. The molecule has 0 aromatic rings. The molecule has 1 saturated carbocycles. The predicted octanol–water partition coefficient (Wildman–Crippen LogP) is 5.88. The maximum absolute atomic E-state index is 12.8. The molecule has 1 heterocycles. The van der Waals surface area contributed by atoms with Crippen LogP contribution in [0.15, 0.2) is 11.6 Å². The van der Waals surface area contributed by atoms with Crippen molar-refractivity contribution in [2.24, 2.45) is 23.2 Å². The summed E-state index contributed by atoms with van der Waals surface area (Å²) in [5.74, 6) is 1.34. The number of hydrogen-bond acceptors (Lipinski definition) is 3. The van der Waals surface area contributed by atoms with Crippen LogP contribution in [-0.4, -0.2) is 42.4 Å². The van der Waals surface area contributed by atoms with Crippen molar-refractivity contribution in [3.63, 3.8) is 0 Å². The van der Waals surface area contributed by atoms with Crippen molar-refractivity contribution in [3.05, 3.63) is 11.6 Å². The lowest BCUT2D eigenvalue weighted by atomic mass is 9.74. The minimum Gasteiger partial charge on any atom is -0.400 e. The Morgan fingerprint density at radius 1 is 0.931 bits per heavy atom. The smallest absolute Gasteiger partial charge is 0.249 e. The van der Waals surface area contributed by atoms with Gasteiger partial charge in [-0.25, -0.2) is 0 Å². The quantitative estimate of drug-likeness (QED) is 0.466. The van der Waals surface area contributed by atoms with Crippen LogP contribution in [0.2, 0.25) is 0 Å². The van der Waals surface area contributed by atoms with E-state index in [4.69, 9.17) is 5.11 Å². The lowest BCUT2D eigenvalue weighted by molar-refractivity contribution is -0.131. The molecule has 1 amide bonds. The lowest BCUT2D eigenvalue weighted by Crippen LogP contribution is -2.47. The Morgan fingerprint density at radius 3 is 1.90 bits per heavy atom. The van der Waals surface area contributed by atoms with Crippen LogP contribution >= 0.6 is 0 Å². The Labute approximate surface area is 181 Å². The van der Waals surface area contributed by atoms with Gasteiger partial charge in [-0.2, -0.15) is 0 Å². The number of aliphatic hydroxyl groups is 1. The highest BCUT2D eigenvalue weighted by atomic mass is 16.2. The van der Waals surface area contributed by atoms with Gasteiger partial charge in [0.05, 0.1) is 0 Å². The fraction of sp³-hybridized carbons (Fsp3) is 0.840. The number of rotatable bonds is 3. The van der Waals surface area contributed by atoms with Gasteiger partial charge in [0.15, 0.2) is 0 Å². The number of carbonyl (C=O) groups is 2. The Balaban J connectivity index is 0. The molecular formula is C25H49NO3. The average Bonchev–Trinajstić information content (AvgIpc) is 2.76. The molecule has 4 heteroatoms. The van der Waals surface area contributed by atoms with E-state index >= 15 is 0 Å². The zero-order chi connectivity index (χ0) is 23.0. The summed E-state index contributed by atoms with van der Waals surface area (Å²) in [4.78, 5) is 26.2. The van der Waals surface area contributed by atoms with Crippen LogP contribution in [-0.2, 0) is 9.59 Å². The van der Waals surface area contributed by atoms with Gasteiger partial charge in [-0.1, -0.05) is 86.6 Å². The first-order valence-corrected chi connectivity index (χ1v) is 11.7. The number of aldehydes is 1. The highest BCUT2D eigenvalue weighted by Gasteiger charge is 2.35. The van der Waals surface area contributed by atoms with Crippen molar-refractivity contribution >= 4 is 12.2 Å². The van der Waals surface area contributed by atoms with Crippen LogP contribution in [0.5, 0.6) is 0 Å². The third-order valence-corrected chi connectivity index (χ3v) is 5.30. The standard InChI is InChI=1S/C20H33NO2.2C2H6.CH4O/c1-15(11-20(2,3)4)19(23)21-12-16(14-22)10-18(13-21)17-8-6-5-7-9-17;3*1-2/h11,14,16-18H,5-10,12-13H2,1-4H3;2*1-2H3;2H,1H3/b15-11+;;;. The van der Waals surface area contributed by atoms with Crippen molar-refractivity contribution in [3.8, 4) is 0 Å². The molecule has 1 aliphatic heterocycles. The summed E-state index contributed by atoms with van der Waals surface area (Å²) in [6.07, 6.45) is 10.6. The minimum absolute atomic E-state index is 0.00234. The number of carbonyl (C=O) groups excluding carboxylic acids is 2. The van der Waals surface area contributed by atoms with E-state index in [9.17, 15) is 9.59 Å². The summed E-state index contributed by atoms with van der Waals surface area (Å²) in [6.45, 7) is 17.7. The molecule has 2 fully saturated rings. The number of nitrogens with zero attached hydrogens (tertiary/aromatic N) is 1. The van der Waals surface area contributed by atoms with Gasteiger partial charge >= 0.3 is 0 Å². The summed E-state index contributed by atoms with van der Waals surface area (Å²) < 4.78 is 0. The van der Waals surface area contributed by atoms with Crippen molar-refractivity contribution in [2.45, 2.75) is 93.9 Å². The van der Waals surface area contributed by atoms with E-state index < -0.39 is 0 Å². The molecule has 0 bridgehead atoms. The second kappa shape index (κ2) is 16.6. The molecule has 0 aromatic heterocycles. The van der Waals surface area contributed by atoms with Crippen molar-refractivity contribution in [2.75, 3.05) is 20.2 Å². The van der Waals surface area contributed by atoms with E-state index in [0.29, 0.717) is 18.4 Å². The van der Waals surface area contributed by atoms with Crippen molar-refractivity contribution in [1.82, 2.24) is 4.90 Å². The molecule has 0 spiro atoms. The molecule has 0 aromatic carbocycles. The SMILES string of the molecule is C/C(=C\C(C)(C)C)C(=O)N1CC(C=O)CC(C2CCCCC2)C1.CC.CC.CO. The largest absolute Gasteiger partial charge is 0.400 e. The first kappa shape index (κ1) is 30.0. The van der Waals surface area contributed by atoms with Gasteiger partial charge in [-0.3, -0.25) is 4.79 Å². The van der Waals surface area contributed by atoms with Crippen molar-refractivity contribution < 1.29 is 14.7 Å². The highest BCUT2D eigenvalue weighted by Crippen LogP contribution is 2.36. The Morgan fingerprint density at radius 2 is 1.45 bits per heavy atom. The molecule has 29 heavy (non-hydrogen) atoms. The van der Waals surface area contributed by atoms with Crippen LogP contribution < -0.4 is 0 Å². The lowest BCUT2D eigenvalue weighted by Gasteiger charge is -2.41. The zero-order valence-corrected chi connectivity index (χ0v) is 20.8.